The molecule has 112 valence electrons. The second kappa shape index (κ2) is 12.2. The minimum atomic E-state index is -0.469. The van der Waals surface area contributed by atoms with Gasteiger partial charge < -0.3 is 15.9 Å². The van der Waals surface area contributed by atoms with Crippen molar-refractivity contribution in [2.24, 2.45) is 5.73 Å². The Labute approximate surface area is 116 Å². The third-order valence-corrected chi connectivity index (χ3v) is 3.33. The fourth-order valence-electron chi connectivity index (χ4n) is 2.27. The molecule has 4 heteroatoms. The fraction of sp³-hybridized carbons (Fsp3) is 0.800. The van der Waals surface area contributed by atoms with Crippen molar-refractivity contribution in [3.8, 4) is 0 Å². The Morgan fingerprint density at radius 2 is 1.47 bits per heavy atom. The van der Waals surface area contributed by atoms with Crippen LogP contribution in [0, 0.1) is 0 Å². The Morgan fingerprint density at radius 1 is 0.895 bits per heavy atom. The number of nitrogens with two attached hydrogens (primary N) is 1. The smallest absolute Gasteiger partial charge is 0.244 e. The molecule has 0 saturated carbocycles. The van der Waals surface area contributed by atoms with Gasteiger partial charge in [-0.25, -0.2) is 0 Å². The minimum absolute atomic E-state index is 0.0212. The van der Waals surface area contributed by atoms with E-state index in [2.05, 4.69) is 6.92 Å². The van der Waals surface area contributed by atoms with Crippen molar-refractivity contribution in [3.05, 3.63) is 11.1 Å². The van der Waals surface area contributed by atoms with Crippen molar-refractivity contribution in [1.82, 2.24) is 0 Å². The number of aliphatic hydroxyl groups excluding tert-OH is 2. The Kier molecular flexibility index (Phi) is 11.6. The SMILES string of the molecule is CCCCCCCCC(CCO)=C(CCO)C(N)=O. The summed E-state index contributed by atoms with van der Waals surface area (Å²) in [5.74, 6) is -0.469. The van der Waals surface area contributed by atoms with Crippen LogP contribution in [0.2, 0.25) is 0 Å². The van der Waals surface area contributed by atoms with Gasteiger partial charge >= 0.3 is 0 Å². The van der Waals surface area contributed by atoms with Crippen LogP contribution >= 0.6 is 0 Å². The maximum absolute atomic E-state index is 11.4. The summed E-state index contributed by atoms with van der Waals surface area (Å²) in [5.41, 5.74) is 6.76. The second-order valence-corrected chi connectivity index (χ2v) is 4.91. The zero-order chi connectivity index (χ0) is 14.5. The first-order valence-corrected chi connectivity index (χ1v) is 7.39. The molecule has 0 aliphatic carbocycles. The van der Waals surface area contributed by atoms with E-state index in [9.17, 15) is 4.79 Å². The summed E-state index contributed by atoms with van der Waals surface area (Å²) < 4.78 is 0. The molecule has 4 nitrogen and oxygen atoms in total. The summed E-state index contributed by atoms with van der Waals surface area (Å²) in [5, 5.41) is 18.0. The van der Waals surface area contributed by atoms with Gasteiger partial charge in [0.25, 0.3) is 0 Å². The molecule has 0 unspecified atom stereocenters. The van der Waals surface area contributed by atoms with Crippen LogP contribution in [0.3, 0.4) is 0 Å². The van der Waals surface area contributed by atoms with Gasteiger partial charge in [0.1, 0.15) is 0 Å². The van der Waals surface area contributed by atoms with Gasteiger partial charge in [0.2, 0.25) is 5.91 Å². The van der Waals surface area contributed by atoms with E-state index in [0.29, 0.717) is 18.4 Å². The van der Waals surface area contributed by atoms with E-state index in [0.717, 1.165) is 24.8 Å². The molecule has 4 N–H and O–H groups in total. The third kappa shape index (κ3) is 8.78. The Bertz CT molecular complexity index is 275. The van der Waals surface area contributed by atoms with Crippen molar-refractivity contribution in [2.75, 3.05) is 13.2 Å². The van der Waals surface area contributed by atoms with E-state index in [1.165, 1.54) is 25.7 Å². The molecule has 0 aromatic heterocycles. The van der Waals surface area contributed by atoms with Gasteiger partial charge in [0, 0.05) is 25.2 Å². The first kappa shape index (κ1) is 18.1. The number of amides is 1. The van der Waals surface area contributed by atoms with Gasteiger partial charge in [-0.1, -0.05) is 44.6 Å². The minimum Gasteiger partial charge on any atom is -0.396 e. The molecule has 0 fully saturated rings. The van der Waals surface area contributed by atoms with Crippen molar-refractivity contribution >= 4 is 5.91 Å². The number of rotatable bonds is 12. The van der Waals surface area contributed by atoms with Gasteiger partial charge in [-0.05, 0) is 19.3 Å². The summed E-state index contributed by atoms with van der Waals surface area (Å²) in [7, 11) is 0. The lowest BCUT2D eigenvalue weighted by atomic mass is 9.96. The van der Waals surface area contributed by atoms with Gasteiger partial charge in [0.15, 0.2) is 0 Å². The van der Waals surface area contributed by atoms with Gasteiger partial charge in [-0.15, -0.1) is 0 Å². The number of carbonyl (C=O) groups is 1. The van der Waals surface area contributed by atoms with E-state index < -0.39 is 5.91 Å². The summed E-state index contributed by atoms with van der Waals surface area (Å²) in [6.45, 7) is 2.13. The monoisotopic (exact) mass is 271 g/mol. The van der Waals surface area contributed by atoms with Gasteiger partial charge in [0.05, 0.1) is 0 Å². The molecule has 0 aliphatic heterocycles. The molecule has 0 atom stereocenters. The van der Waals surface area contributed by atoms with Crippen molar-refractivity contribution < 1.29 is 15.0 Å². The van der Waals surface area contributed by atoms with Crippen LogP contribution in [0.5, 0.6) is 0 Å². The fourth-order valence-corrected chi connectivity index (χ4v) is 2.27. The predicted octanol–water partition coefficient (Wildman–Crippen LogP) is 2.28. The molecule has 0 radical (unpaired) electrons. The highest BCUT2D eigenvalue weighted by atomic mass is 16.3. The van der Waals surface area contributed by atoms with Crippen LogP contribution in [0.15, 0.2) is 11.1 Å². The maximum atomic E-state index is 11.4. The van der Waals surface area contributed by atoms with Gasteiger partial charge in [-0.2, -0.15) is 0 Å². The molecule has 0 aromatic rings. The van der Waals surface area contributed by atoms with E-state index in [1.54, 1.807) is 0 Å². The summed E-state index contributed by atoms with van der Waals surface area (Å²) in [6, 6.07) is 0. The molecule has 0 saturated heterocycles. The summed E-state index contributed by atoms with van der Waals surface area (Å²) in [6.07, 6.45) is 8.70. The zero-order valence-electron chi connectivity index (χ0n) is 12.2. The Morgan fingerprint density at radius 3 is 2.00 bits per heavy atom. The highest BCUT2D eigenvalue weighted by Gasteiger charge is 2.11. The van der Waals surface area contributed by atoms with Crippen molar-refractivity contribution in [3.63, 3.8) is 0 Å². The van der Waals surface area contributed by atoms with Crippen LogP contribution in [-0.4, -0.2) is 29.3 Å². The molecule has 0 spiro atoms. The predicted molar refractivity (Wildman–Crippen MR) is 77.6 cm³/mol. The Balaban J connectivity index is 4.29. The largest absolute Gasteiger partial charge is 0.396 e. The number of carbonyl (C=O) groups excluding carboxylic acids is 1. The van der Waals surface area contributed by atoms with E-state index in [-0.39, 0.29) is 13.2 Å². The quantitative estimate of drug-likeness (QED) is 0.376. The number of primary amides is 1. The first-order chi connectivity index (χ1) is 9.17. The highest BCUT2D eigenvalue weighted by molar-refractivity contribution is 5.92. The molecule has 0 aliphatic rings. The van der Waals surface area contributed by atoms with Crippen LogP contribution in [0.4, 0.5) is 0 Å². The molecule has 0 aromatic carbocycles. The van der Waals surface area contributed by atoms with Crippen molar-refractivity contribution in [1.29, 1.82) is 0 Å². The molecule has 0 rings (SSSR count). The van der Waals surface area contributed by atoms with E-state index >= 15 is 0 Å². The molecule has 0 heterocycles. The van der Waals surface area contributed by atoms with Crippen LogP contribution in [0.25, 0.3) is 0 Å². The normalized spacial score (nSPS) is 12.4. The van der Waals surface area contributed by atoms with E-state index in [1.807, 2.05) is 0 Å². The number of hydrogen-bond donors (Lipinski definition) is 3. The summed E-state index contributed by atoms with van der Waals surface area (Å²) in [4.78, 5) is 11.4. The summed E-state index contributed by atoms with van der Waals surface area (Å²) >= 11 is 0. The van der Waals surface area contributed by atoms with Crippen LogP contribution in [-0.2, 0) is 4.79 Å². The maximum Gasteiger partial charge on any atom is 0.244 e. The lowest BCUT2D eigenvalue weighted by Crippen LogP contribution is -2.17. The topological polar surface area (TPSA) is 83.6 Å². The van der Waals surface area contributed by atoms with Crippen molar-refractivity contribution in [2.45, 2.75) is 64.7 Å². The standard InChI is InChI=1S/C15H29NO3/c1-2-3-4-5-6-7-8-13(9-11-17)14(10-12-18)15(16)19/h17-18H,2-12H2,1H3,(H2,16,19). The Hall–Kier alpha value is -0.870. The average molecular weight is 271 g/mol. The van der Waals surface area contributed by atoms with Crippen LogP contribution in [0.1, 0.15) is 64.7 Å². The number of unbranched alkanes of at least 4 members (excludes halogenated alkanes) is 5. The molecule has 0 bridgehead atoms. The molecule has 19 heavy (non-hydrogen) atoms. The van der Waals surface area contributed by atoms with Gasteiger partial charge in [-0.3, -0.25) is 4.79 Å². The van der Waals surface area contributed by atoms with E-state index in [4.69, 9.17) is 15.9 Å². The average Bonchev–Trinajstić information content (AvgIpc) is 2.38. The first-order valence-electron chi connectivity index (χ1n) is 7.39. The highest BCUT2D eigenvalue weighted by Crippen LogP contribution is 2.20. The zero-order valence-corrected chi connectivity index (χ0v) is 12.2. The third-order valence-electron chi connectivity index (χ3n) is 3.33. The molecular weight excluding hydrogens is 242 g/mol. The lowest BCUT2D eigenvalue weighted by molar-refractivity contribution is -0.114. The molecular formula is C15H29NO3. The number of aliphatic hydroxyl groups is 2. The van der Waals surface area contributed by atoms with Crippen LogP contribution < -0.4 is 5.73 Å². The second-order valence-electron chi connectivity index (χ2n) is 4.91. The lowest BCUT2D eigenvalue weighted by Gasteiger charge is -2.12. The molecule has 1 amide bonds. The number of hydrogen-bond acceptors (Lipinski definition) is 3.